The Kier molecular flexibility index (Phi) is 4.61. The number of aromatic amines is 1. The van der Waals surface area contributed by atoms with Gasteiger partial charge in [-0.05, 0) is 37.3 Å². The Morgan fingerprint density at radius 1 is 1.45 bits per heavy atom. The quantitative estimate of drug-likeness (QED) is 0.892. The van der Waals surface area contributed by atoms with E-state index in [1.807, 2.05) is 25.1 Å². The molecule has 5 nitrogen and oxygen atoms in total. The number of para-hydroxylation sites is 2. The lowest BCUT2D eigenvalue weighted by Gasteiger charge is -2.32. The number of amides is 1. The number of fused-ring (bicyclic) bond motifs is 1. The molecule has 1 saturated heterocycles. The number of aromatic nitrogens is 2. The van der Waals surface area contributed by atoms with Gasteiger partial charge in [-0.1, -0.05) is 19.1 Å². The second-order valence-corrected chi connectivity index (χ2v) is 6.09. The number of benzene rings is 1. The highest BCUT2D eigenvalue weighted by Crippen LogP contribution is 2.23. The molecule has 2 aromatic rings. The molecule has 1 atom stereocenters. The second kappa shape index (κ2) is 6.81. The van der Waals surface area contributed by atoms with Crippen molar-refractivity contribution in [2.24, 2.45) is 5.92 Å². The largest absolute Gasteiger partial charge is 0.356 e. The van der Waals surface area contributed by atoms with Crippen LogP contribution in [0.15, 0.2) is 24.3 Å². The van der Waals surface area contributed by atoms with Crippen LogP contribution in [-0.2, 0) is 4.79 Å². The standard InChI is InChI=1S/C17H24N4O/c1-2-6-16(22)18-11-13-7-5-10-21(12-13)17-19-14-8-3-4-9-15(14)20-17/h3-4,8-9,13H,2,5-7,10-12H2,1H3,(H,18,22)(H,19,20). The normalized spacial score (nSPS) is 18.6. The van der Waals surface area contributed by atoms with Crippen molar-refractivity contribution in [2.75, 3.05) is 24.5 Å². The van der Waals surface area contributed by atoms with Gasteiger partial charge in [0.05, 0.1) is 11.0 Å². The smallest absolute Gasteiger partial charge is 0.219 e. The fraction of sp³-hybridized carbons (Fsp3) is 0.529. The third-order valence-corrected chi connectivity index (χ3v) is 4.26. The molecule has 0 saturated carbocycles. The van der Waals surface area contributed by atoms with E-state index in [1.165, 1.54) is 6.42 Å². The molecule has 22 heavy (non-hydrogen) atoms. The van der Waals surface area contributed by atoms with E-state index in [1.54, 1.807) is 0 Å². The second-order valence-electron chi connectivity index (χ2n) is 6.09. The summed E-state index contributed by atoms with van der Waals surface area (Å²) in [6, 6.07) is 8.11. The van der Waals surface area contributed by atoms with E-state index in [0.29, 0.717) is 12.3 Å². The first-order valence-electron chi connectivity index (χ1n) is 8.22. The maximum Gasteiger partial charge on any atom is 0.219 e. The third kappa shape index (κ3) is 3.40. The van der Waals surface area contributed by atoms with E-state index < -0.39 is 0 Å². The molecule has 2 heterocycles. The molecule has 1 aliphatic rings. The van der Waals surface area contributed by atoms with E-state index in [9.17, 15) is 4.79 Å². The molecule has 1 aromatic carbocycles. The zero-order valence-corrected chi connectivity index (χ0v) is 13.1. The van der Waals surface area contributed by atoms with E-state index in [-0.39, 0.29) is 5.91 Å². The van der Waals surface area contributed by atoms with E-state index >= 15 is 0 Å². The van der Waals surface area contributed by atoms with Crippen LogP contribution in [0.1, 0.15) is 32.6 Å². The summed E-state index contributed by atoms with van der Waals surface area (Å²) in [5.74, 6) is 1.62. The predicted molar refractivity (Wildman–Crippen MR) is 88.9 cm³/mol. The number of hydrogen-bond donors (Lipinski definition) is 2. The first-order valence-corrected chi connectivity index (χ1v) is 8.22. The lowest BCUT2D eigenvalue weighted by molar-refractivity contribution is -0.121. The van der Waals surface area contributed by atoms with Crippen molar-refractivity contribution in [1.29, 1.82) is 0 Å². The van der Waals surface area contributed by atoms with Crippen molar-refractivity contribution < 1.29 is 4.79 Å². The number of hydrogen-bond acceptors (Lipinski definition) is 3. The Morgan fingerprint density at radius 3 is 3.14 bits per heavy atom. The monoisotopic (exact) mass is 300 g/mol. The van der Waals surface area contributed by atoms with Crippen molar-refractivity contribution in [2.45, 2.75) is 32.6 Å². The topological polar surface area (TPSA) is 61.0 Å². The minimum Gasteiger partial charge on any atom is -0.356 e. The summed E-state index contributed by atoms with van der Waals surface area (Å²) in [5.41, 5.74) is 2.09. The number of nitrogens with one attached hydrogen (secondary N) is 2. The summed E-state index contributed by atoms with van der Waals surface area (Å²) in [6.07, 6.45) is 3.84. The maximum atomic E-state index is 11.6. The highest BCUT2D eigenvalue weighted by molar-refractivity contribution is 5.77. The molecule has 1 fully saturated rings. The Labute approximate surface area is 131 Å². The molecule has 3 rings (SSSR count). The van der Waals surface area contributed by atoms with Gasteiger partial charge in [-0.25, -0.2) is 4.98 Å². The number of nitrogens with zero attached hydrogens (tertiary/aromatic N) is 2. The molecule has 0 aliphatic carbocycles. The number of carbonyl (C=O) groups excluding carboxylic acids is 1. The lowest BCUT2D eigenvalue weighted by atomic mass is 9.98. The number of H-pyrrole nitrogens is 1. The predicted octanol–water partition coefficient (Wildman–Crippen LogP) is 2.70. The fourth-order valence-corrected chi connectivity index (χ4v) is 3.09. The highest BCUT2D eigenvalue weighted by atomic mass is 16.1. The molecule has 1 unspecified atom stereocenters. The summed E-state index contributed by atoms with van der Waals surface area (Å²) in [4.78, 5) is 22.0. The molecule has 0 spiro atoms. The summed E-state index contributed by atoms with van der Waals surface area (Å²) >= 11 is 0. The molecular formula is C17H24N4O. The average Bonchev–Trinajstić information content (AvgIpc) is 2.98. The Balaban J connectivity index is 1.61. The van der Waals surface area contributed by atoms with Gasteiger partial charge in [0.25, 0.3) is 0 Å². The van der Waals surface area contributed by atoms with Gasteiger partial charge in [-0.15, -0.1) is 0 Å². The van der Waals surface area contributed by atoms with Crippen LogP contribution in [0, 0.1) is 5.92 Å². The molecule has 1 aromatic heterocycles. The first-order chi connectivity index (χ1) is 10.8. The molecule has 1 amide bonds. The number of piperidine rings is 1. The van der Waals surface area contributed by atoms with Crippen LogP contribution in [-0.4, -0.2) is 35.5 Å². The van der Waals surface area contributed by atoms with Gasteiger partial charge in [0.15, 0.2) is 0 Å². The van der Waals surface area contributed by atoms with Crippen molar-refractivity contribution in [3.63, 3.8) is 0 Å². The third-order valence-electron chi connectivity index (χ3n) is 4.26. The zero-order valence-electron chi connectivity index (χ0n) is 13.1. The zero-order chi connectivity index (χ0) is 15.4. The fourth-order valence-electron chi connectivity index (χ4n) is 3.09. The summed E-state index contributed by atoms with van der Waals surface area (Å²) in [7, 11) is 0. The minimum absolute atomic E-state index is 0.170. The minimum atomic E-state index is 0.170. The number of imidazole rings is 1. The van der Waals surface area contributed by atoms with Crippen LogP contribution < -0.4 is 10.2 Å². The SMILES string of the molecule is CCCC(=O)NCC1CCCN(c2nc3ccccc3[nH]2)C1. The van der Waals surface area contributed by atoms with Gasteiger partial charge < -0.3 is 15.2 Å². The van der Waals surface area contributed by atoms with Crippen LogP contribution in [0.3, 0.4) is 0 Å². The van der Waals surface area contributed by atoms with Gasteiger partial charge in [-0.3, -0.25) is 4.79 Å². The Morgan fingerprint density at radius 2 is 2.32 bits per heavy atom. The van der Waals surface area contributed by atoms with Gasteiger partial charge >= 0.3 is 0 Å². The average molecular weight is 300 g/mol. The summed E-state index contributed by atoms with van der Waals surface area (Å²) in [5, 5.41) is 3.06. The van der Waals surface area contributed by atoms with Crippen LogP contribution in [0.2, 0.25) is 0 Å². The maximum absolute atomic E-state index is 11.6. The van der Waals surface area contributed by atoms with Gasteiger partial charge in [0.1, 0.15) is 0 Å². The molecule has 0 bridgehead atoms. The van der Waals surface area contributed by atoms with Crippen molar-refractivity contribution >= 4 is 22.9 Å². The number of rotatable bonds is 5. The van der Waals surface area contributed by atoms with Gasteiger partial charge in [0.2, 0.25) is 11.9 Å². The first kappa shape index (κ1) is 14.9. The Hall–Kier alpha value is -2.04. The van der Waals surface area contributed by atoms with Crippen LogP contribution in [0.25, 0.3) is 11.0 Å². The number of carbonyl (C=O) groups is 1. The molecule has 2 N–H and O–H groups in total. The van der Waals surface area contributed by atoms with Crippen LogP contribution >= 0.6 is 0 Å². The summed E-state index contributed by atoms with van der Waals surface area (Å²) < 4.78 is 0. The number of anilines is 1. The van der Waals surface area contributed by atoms with Crippen LogP contribution in [0.4, 0.5) is 5.95 Å². The molecule has 0 radical (unpaired) electrons. The lowest BCUT2D eigenvalue weighted by Crippen LogP contribution is -2.41. The molecule has 1 aliphatic heterocycles. The van der Waals surface area contributed by atoms with Crippen molar-refractivity contribution in [1.82, 2.24) is 15.3 Å². The van der Waals surface area contributed by atoms with E-state index in [4.69, 9.17) is 0 Å². The molecule has 118 valence electrons. The van der Waals surface area contributed by atoms with E-state index in [0.717, 1.165) is 49.5 Å². The van der Waals surface area contributed by atoms with Crippen LogP contribution in [0.5, 0.6) is 0 Å². The molecule has 5 heteroatoms. The van der Waals surface area contributed by atoms with Gasteiger partial charge in [-0.2, -0.15) is 0 Å². The Bertz CT molecular complexity index is 603. The summed E-state index contributed by atoms with van der Waals surface area (Å²) in [6.45, 7) is 4.78. The van der Waals surface area contributed by atoms with E-state index in [2.05, 4.69) is 26.3 Å². The van der Waals surface area contributed by atoms with Crippen molar-refractivity contribution in [3.05, 3.63) is 24.3 Å². The van der Waals surface area contributed by atoms with Crippen molar-refractivity contribution in [3.8, 4) is 0 Å². The highest BCUT2D eigenvalue weighted by Gasteiger charge is 2.22. The molecular weight excluding hydrogens is 276 g/mol. The van der Waals surface area contributed by atoms with Gasteiger partial charge in [0, 0.05) is 26.1 Å².